The summed E-state index contributed by atoms with van der Waals surface area (Å²) in [7, 11) is 0. The standard InChI is InChI=1S/C44H71N5O6/c1-3-36(31-8-5-4-6-9-31)41(32-12-16-34(50)17-13-32)33-14-18-35(19-15-33)54-28-26-47-22-24-48(25-23-47)27-29-55-39-11-7-10-37-42(39)45-30(2)49(44(37)53)38-20-21-40(51)46-43(38)52/h31-35,37-39,42,50H,3-29H2,1-2H3,(H,46,51,52)/b41-36-. The summed E-state index contributed by atoms with van der Waals surface area (Å²) in [6.45, 7) is 11.7. The molecule has 0 bridgehead atoms. The van der Waals surface area contributed by atoms with Crippen molar-refractivity contribution < 1.29 is 29.0 Å². The summed E-state index contributed by atoms with van der Waals surface area (Å²) in [4.78, 5) is 49.4. The van der Waals surface area contributed by atoms with Gasteiger partial charge in [0.1, 0.15) is 11.9 Å². The number of carbonyl (C=O) groups excluding carboxylic acids is 3. The summed E-state index contributed by atoms with van der Waals surface area (Å²) < 4.78 is 13.0. The first-order valence-electron chi connectivity index (χ1n) is 22.6. The first kappa shape index (κ1) is 41.0. The molecule has 2 saturated heterocycles. The Morgan fingerprint density at radius 3 is 2.02 bits per heavy atom. The van der Waals surface area contributed by atoms with Crippen molar-refractivity contribution >= 4 is 23.6 Å². The minimum atomic E-state index is -0.661. The Morgan fingerprint density at radius 2 is 1.38 bits per heavy atom. The fourth-order valence-electron chi connectivity index (χ4n) is 11.6. The van der Waals surface area contributed by atoms with E-state index in [0.29, 0.717) is 36.8 Å². The SMILES string of the molecule is CC/C(=C(\C1CCC(O)CC1)C1CCC(OCCN2CCN(CCOC3CCCC4C(=O)N(C5CCC(=O)NC5=O)C(C)=NC34)CC2)CC1)C1CCCCC1. The number of hydrogen-bond acceptors (Lipinski definition) is 9. The van der Waals surface area contributed by atoms with Crippen molar-refractivity contribution in [2.24, 2.45) is 28.7 Å². The van der Waals surface area contributed by atoms with Crippen LogP contribution in [0.3, 0.4) is 0 Å². The molecule has 2 N–H and O–H groups in total. The predicted octanol–water partition coefficient (Wildman–Crippen LogP) is 5.64. The van der Waals surface area contributed by atoms with Gasteiger partial charge in [-0.1, -0.05) is 37.3 Å². The largest absolute Gasteiger partial charge is 0.393 e. The average molecular weight is 766 g/mol. The van der Waals surface area contributed by atoms with Crippen molar-refractivity contribution in [3.63, 3.8) is 0 Å². The van der Waals surface area contributed by atoms with Gasteiger partial charge in [0.15, 0.2) is 0 Å². The maximum Gasteiger partial charge on any atom is 0.249 e. The van der Waals surface area contributed by atoms with Crippen molar-refractivity contribution in [1.29, 1.82) is 0 Å². The molecule has 11 heteroatoms. The van der Waals surface area contributed by atoms with Gasteiger partial charge in [-0.3, -0.25) is 39.4 Å². The molecule has 0 aromatic rings. The Balaban J connectivity index is 0.811. The number of allylic oxidation sites excluding steroid dienone is 2. The summed E-state index contributed by atoms with van der Waals surface area (Å²) in [5.41, 5.74) is 3.67. The normalized spacial score (nSPS) is 35.2. The molecule has 7 aliphatic rings. The molecule has 0 aromatic carbocycles. The number of aliphatic hydroxyl groups excluding tert-OH is 1. The number of piperidine rings is 1. The van der Waals surface area contributed by atoms with Crippen LogP contribution in [0.15, 0.2) is 16.1 Å². The second kappa shape index (κ2) is 19.5. The molecule has 4 atom stereocenters. The molecule has 4 saturated carbocycles. The van der Waals surface area contributed by atoms with E-state index < -0.39 is 11.9 Å². The number of imide groups is 1. The highest BCUT2D eigenvalue weighted by atomic mass is 16.5. The minimum absolute atomic E-state index is 0.0494. The summed E-state index contributed by atoms with van der Waals surface area (Å²) in [6.07, 6.45) is 20.7. The van der Waals surface area contributed by atoms with Crippen molar-refractivity contribution in [2.45, 2.75) is 166 Å². The molecule has 3 aliphatic heterocycles. The molecule has 3 amide bonds. The van der Waals surface area contributed by atoms with E-state index in [1.807, 2.05) is 11.1 Å². The van der Waals surface area contributed by atoms with E-state index in [4.69, 9.17) is 14.5 Å². The average Bonchev–Trinajstić information content (AvgIpc) is 3.20. The molecule has 4 aliphatic carbocycles. The molecule has 0 radical (unpaired) electrons. The van der Waals surface area contributed by atoms with Crippen LogP contribution in [0.2, 0.25) is 0 Å². The van der Waals surface area contributed by atoms with Crippen LogP contribution in [0.1, 0.15) is 136 Å². The van der Waals surface area contributed by atoms with Gasteiger partial charge in [0, 0.05) is 45.7 Å². The number of amidine groups is 1. The van der Waals surface area contributed by atoms with E-state index in [-0.39, 0.29) is 42.4 Å². The minimum Gasteiger partial charge on any atom is -0.393 e. The Bertz CT molecular complexity index is 1370. The van der Waals surface area contributed by atoms with Crippen LogP contribution in [0.4, 0.5) is 0 Å². The summed E-state index contributed by atoms with van der Waals surface area (Å²) >= 11 is 0. The van der Waals surface area contributed by atoms with Crippen LogP contribution in [-0.2, 0) is 23.9 Å². The number of aliphatic hydroxyl groups is 1. The topological polar surface area (TPSA) is 124 Å². The van der Waals surface area contributed by atoms with Crippen molar-refractivity contribution in [1.82, 2.24) is 20.0 Å². The van der Waals surface area contributed by atoms with Crippen LogP contribution in [0, 0.1) is 23.7 Å². The zero-order valence-corrected chi connectivity index (χ0v) is 34.1. The van der Waals surface area contributed by atoms with E-state index in [9.17, 15) is 19.5 Å². The molecule has 6 fully saturated rings. The summed E-state index contributed by atoms with van der Waals surface area (Å²) in [5.74, 6) is 1.75. The highest BCUT2D eigenvalue weighted by Crippen LogP contribution is 2.46. The van der Waals surface area contributed by atoms with Crippen LogP contribution < -0.4 is 5.32 Å². The van der Waals surface area contributed by atoms with E-state index in [0.717, 1.165) is 83.9 Å². The van der Waals surface area contributed by atoms with Gasteiger partial charge in [-0.15, -0.1) is 0 Å². The second-order valence-corrected chi connectivity index (χ2v) is 18.0. The maximum atomic E-state index is 13.6. The highest BCUT2D eigenvalue weighted by molar-refractivity contribution is 6.08. The number of amides is 3. The lowest BCUT2D eigenvalue weighted by Gasteiger charge is -2.44. The van der Waals surface area contributed by atoms with Crippen molar-refractivity contribution in [3.05, 3.63) is 11.1 Å². The van der Waals surface area contributed by atoms with Crippen molar-refractivity contribution in [3.8, 4) is 0 Å². The monoisotopic (exact) mass is 766 g/mol. The van der Waals surface area contributed by atoms with Gasteiger partial charge in [-0.05, 0) is 121 Å². The lowest BCUT2D eigenvalue weighted by atomic mass is 9.68. The smallest absolute Gasteiger partial charge is 0.249 e. The zero-order valence-electron chi connectivity index (χ0n) is 34.1. The number of rotatable bonds is 13. The van der Waals surface area contributed by atoms with Crippen LogP contribution in [-0.4, -0.2) is 126 Å². The molecule has 7 rings (SSSR count). The fraction of sp³-hybridized carbons (Fsp3) is 0.864. The lowest BCUT2D eigenvalue weighted by Crippen LogP contribution is -2.61. The van der Waals surface area contributed by atoms with Gasteiger partial charge in [0.05, 0.1) is 43.5 Å². The molecule has 4 unspecified atom stereocenters. The van der Waals surface area contributed by atoms with Crippen LogP contribution in [0.25, 0.3) is 0 Å². The third-order valence-electron chi connectivity index (χ3n) is 14.6. The number of nitrogens with zero attached hydrogens (tertiary/aromatic N) is 4. The third-order valence-corrected chi connectivity index (χ3v) is 14.6. The first-order chi connectivity index (χ1) is 26.8. The van der Waals surface area contributed by atoms with E-state index in [1.54, 1.807) is 11.8 Å². The molecular weight excluding hydrogens is 695 g/mol. The molecular formula is C44H71N5O6. The number of fused-ring (bicyclic) bond motifs is 1. The number of aliphatic imine (C=N–C) groups is 1. The van der Waals surface area contributed by atoms with Gasteiger partial charge in [-0.25, -0.2) is 0 Å². The van der Waals surface area contributed by atoms with Crippen LogP contribution in [0.5, 0.6) is 0 Å². The van der Waals surface area contributed by atoms with Gasteiger partial charge < -0.3 is 14.6 Å². The molecule has 55 heavy (non-hydrogen) atoms. The molecule has 11 nitrogen and oxygen atoms in total. The van der Waals surface area contributed by atoms with Crippen molar-refractivity contribution in [2.75, 3.05) is 52.5 Å². The van der Waals surface area contributed by atoms with Gasteiger partial charge >= 0.3 is 0 Å². The number of hydrogen-bond donors (Lipinski definition) is 2. The Hall–Kier alpha value is -2.18. The van der Waals surface area contributed by atoms with Crippen LogP contribution >= 0.6 is 0 Å². The third kappa shape index (κ3) is 10.1. The molecule has 0 spiro atoms. The van der Waals surface area contributed by atoms with E-state index in [2.05, 4.69) is 22.0 Å². The Labute approximate surface area is 330 Å². The lowest BCUT2D eigenvalue weighted by molar-refractivity contribution is -0.147. The van der Waals surface area contributed by atoms with Gasteiger partial charge in [-0.2, -0.15) is 0 Å². The molecule has 308 valence electrons. The highest BCUT2D eigenvalue weighted by Gasteiger charge is 2.47. The van der Waals surface area contributed by atoms with Gasteiger partial charge in [0.25, 0.3) is 0 Å². The first-order valence-corrected chi connectivity index (χ1v) is 22.6. The Morgan fingerprint density at radius 1 is 0.745 bits per heavy atom. The predicted molar refractivity (Wildman–Crippen MR) is 213 cm³/mol. The quantitative estimate of drug-likeness (QED) is 0.183. The van der Waals surface area contributed by atoms with Gasteiger partial charge in [0.2, 0.25) is 17.7 Å². The zero-order chi connectivity index (χ0) is 38.3. The molecule has 3 heterocycles. The maximum absolute atomic E-state index is 13.6. The van der Waals surface area contributed by atoms with E-state index >= 15 is 0 Å². The summed E-state index contributed by atoms with van der Waals surface area (Å²) in [6, 6.07) is -0.871. The Kier molecular flexibility index (Phi) is 14.5. The second-order valence-electron chi connectivity index (χ2n) is 18.0. The fourth-order valence-corrected chi connectivity index (χ4v) is 11.6. The number of nitrogens with one attached hydrogen (secondary N) is 1. The summed E-state index contributed by atoms with van der Waals surface area (Å²) in [5, 5.41) is 12.7. The molecule has 0 aromatic heterocycles. The number of carbonyl (C=O) groups is 3. The number of piperazine rings is 1. The van der Waals surface area contributed by atoms with E-state index in [1.165, 1.54) is 77.0 Å². The number of ether oxygens (including phenoxy) is 2.